The maximum atomic E-state index is 6.89. The fraction of sp³-hybridized carbons (Fsp3) is 0. The quantitative estimate of drug-likeness (QED) is 0.157. The fourth-order valence-corrected chi connectivity index (χ4v) is 8.01. The Morgan fingerprint density at radius 2 is 0.689 bits per heavy atom. The van der Waals surface area contributed by atoms with Crippen LogP contribution in [0.3, 0.4) is 0 Å². The molecule has 0 bridgehead atoms. The number of fused-ring (bicyclic) bond motifs is 7. The van der Waals surface area contributed by atoms with Gasteiger partial charge in [0.05, 0.1) is 5.39 Å². The summed E-state index contributed by atoms with van der Waals surface area (Å²) in [6.45, 7) is 0. The average Bonchev–Trinajstić information content (AvgIpc) is 3.99. The zero-order valence-corrected chi connectivity index (χ0v) is 32.3. The van der Waals surface area contributed by atoms with Crippen molar-refractivity contribution in [3.63, 3.8) is 0 Å². The van der Waals surface area contributed by atoms with Crippen molar-refractivity contribution in [2.45, 2.75) is 0 Å². The van der Waals surface area contributed by atoms with Gasteiger partial charge in [0, 0.05) is 49.8 Å². The maximum absolute atomic E-state index is 6.89. The molecule has 0 radical (unpaired) electrons. The molecule has 5 aromatic heterocycles. The Bertz CT molecular complexity index is 3450. The van der Waals surface area contributed by atoms with Crippen molar-refractivity contribution in [1.82, 2.24) is 34.5 Å². The minimum Gasteiger partial charge on any atom is -0.454 e. The number of aromatic nitrogens is 7. The topological polar surface area (TPSA) is 109 Å². The summed E-state index contributed by atoms with van der Waals surface area (Å²) in [5.74, 6) is 3.49. The van der Waals surface area contributed by atoms with Crippen LogP contribution in [-0.4, -0.2) is 34.5 Å². The molecule has 0 fully saturated rings. The summed E-state index contributed by atoms with van der Waals surface area (Å²) in [6.07, 6.45) is 0. The van der Waals surface area contributed by atoms with Gasteiger partial charge in [-0.05, 0) is 36.4 Å². The number of hydrogen-bond donors (Lipinski definition) is 0. The molecule has 12 rings (SSSR count). The van der Waals surface area contributed by atoms with Gasteiger partial charge >= 0.3 is 0 Å². The van der Waals surface area contributed by atoms with E-state index in [4.69, 9.17) is 38.7 Å². The van der Waals surface area contributed by atoms with Crippen molar-refractivity contribution < 1.29 is 8.83 Å². The van der Waals surface area contributed by atoms with Crippen LogP contribution in [0, 0.1) is 0 Å². The van der Waals surface area contributed by atoms with Gasteiger partial charge in [0.15, 0.2) is 40.5 Å². The van der Waals surface area contributed by atoms with Crippen LogP contribution >= 0.6 is 0 Å². The summed E-state index contributed by atoms with van der Waals surface area (Å²) in [4.78, 5) is 29.6. The Labute approximate surface area is 348 Å². The Balaban J connectivity index is 1.04. The number of rotatable bonds is 7. The fourth-order valence-electron chi connectivity index (χ4n) is 8.01. The van der Waals surface area contributed by atoms with E-state index in [9.17, 15) is 0 Å². The van der Waals surface area contributed by atoms with E-state index < -0.39 is 0 Å². The summed E-state index contributed by atoms with van der Waals surface area (Å²) >= 11 is 0. The molecule has 0 atom stereocenters. The Hall–Kier alpha value is -8.56. The number of hydrogen-bond acceptors (Lipinski definition) is 8. The molecule has 9 heteroatoms. The van der Waals surface area contributed by atoms with Crippen molar-refractivity contribution in [2.24, 2.45) is 0 Å². The highest BCUT2D eigenvalue weighted by atomic mass is 16.4. The van der Waals surface area contributed by atoms with Gasteiger partial charge < -0.3 is 8.83 Å². The molecule has 286 valence electrons. The second-order valence-electron chi connectivity index (χ2n) is 14.7. The first kappa shape index (κ1) is 34.5. The summed E-state index contributed by atoms with van der Waals surface area (Å²) < 4.78 is 15.9. The molecule has 9 nitrogen and oxygen atoms in total. The minimum atomic E-state index is 0.548. The van der Waals surface area contributed by atoms with Crippen LogP contribution < -0.4 is 0 Å². The van der Waals surface area contributed by atoms with Gasteiger partial charge in [-0.3, -0.25) is 4.57 Å². The lowest BCUT2D eigenvalue weighted by Gasteiger charge is -2.08. The van der Waals surface area contributed by atoms with Gasteiger partial charge in [0.25, 0.3) is 0 Å². The highest BCUT2D eigenvalue weighted by Gasteiger charge is 2.26. The van der Waals surface area contributed by atoms with Crippen LogP contribution in [0.1, 0.15) is 0 Å². The van der Waals surface area contributed by atoms with Crippen LogP contribution in [0.4, 0.5) is 0 Å². The van der Waals surface area contributed by atoms with Gasteiger partial charge in [-0.25, -0.2) is 29.9 Å². The smallest absolute Gasteiger partial charge is 0.217 e. The molecule has 0 aliphatic rings. The Morgan fingerprint density at radius 3 is 1.11 bits per heavy atom. The lowest BCUT2D eigenvalue weighted by atomic mass is 10.1. The number of benzene rings is 7. The van der Waals surface area contributed by atoms with E-state index in [-0.39, 0.29) is 0 Å². The van der Waals surface area contributed by atoms with Gasteiger partial charge in [-0.2, -0.15) is 0 Å². The van der Waals surface area contributed by atoms with E-state index >= 15 is 0 Å². The van der Waals surface area contributed by atoms with Gasteiger partial charge in [0.2, 0.25) is 5.71 Å². The van der Waals surface area contributed by atoms with E-state index in [0.29, 0.717) is 51.8 Å². The molecule has 0 amide bonds. The molecule has 5 heterocycles. The predicted octanol–water partition coefficient (Wildman–Crippen LogP) is 12.6. The molecule has 12 aromatic rings. The van der Waals surface area contributed by atoms with E-state index in [1.807, 2.05) is 164 Å². The third kappa shape index (κ3) is 5.94. The first-order chi connectivity index (χ1) is 30.2. The number of para-hydroxylation sites is 1. The predicted molar refractivity (Wildman–Crippen MR) is 240 cm³/mol. The van der Waals surface area contributed by atoms with Crippen molar-refractivity contribution >= 4 is 44.1 Å². The molecule has 7 aromatic carbocycles. The first-order valence-corrected chi connectivity index (χ1v) is 20.0. The molecule has 0 saturated heterocycles. The van der Waals surface area contributed by atoms with E-state index in [2.05, 4.69) is 28.8 Å². The molecule has 0 spiro atoms. The minimum absolute atomic E-state index is 0.548. The van der Waals surface area contributed by atoms with Crippen molar-refractivity contribution in [3.8, 4) is 74.0 Å². The standard InChI is InChI=1S/C52H31N7O2/c1-6-16-32(17-7-1)46-53-47(33-18-8-2-9-19-33)56-50(55-46)36-26-28-39-41(30-36)61-52-43(39)45-44(59(52)38-24-14-5-15-25-38)40-29-27-37(31-42(40)60-45)51-57-48(34-20-10-3-11-21-34)54-49(58-51)35-22-12-4-13-23-35/h1-31H. The highest BCUT2D eigenvalue weighted by Crippen LogP contribution is 2.44. The van der Waals surface area contributed by atoms with Crippen LogP contribution in [0.15, 0.2) is 197 Å². The lowest BCUT2D eigenvalue weighted by molar-refractivity contribution is 0.645. The van der Waals surface area contributed by atoms with Crippen molar-refractivity contribution in [2.75, 3.05) is 0 Å². The molecule has 0 N–H and O–H groups in total. The van der Waals surface area contributed by atoms with Crippen LogP contribution in [-0.2, 0) is 0 Å². The maximum Gasteiger partial charge on any atom is 0.217 e. The second-order valence-corrected chi connectivity index (χ2v) is 14.7. The summed E-state index contributed by atoms with van der Waals surface area (Å²) in [7, 11) is 0. The summed E-state index contributed by atoms with van der Waals surface area (Å²) in [5.41, 5.74) is 9.90. The molecule has 0 saturated carbocycles. The molecule has 0 aliphatic carbocycles. The van der Waals surface area contributed by atoms with E-state index in [1.54, 1.807) is 0 Å². The largest absolute Gasteiger partial charge is 0.454 e. The van der Waals surface area contributed by atoms with E-state index in [1.165, 1.54) is 0 Å². The van der Waals surface area contributed by atoms with Gasteiger partial charge in [-0.15, -0.1) is 0 Å². The number of furan rings is 2. The zero-order chi connectivity index (χ0) is 40.3. The summed E-state index contributed by atoms with van der Waals surface area (Å²) in [6, 6.07) is 62.4. The van der Waals surface area contributed by atoms with Crippen LogP contribution in [0.5, 0.6) is 0 Å². The highest BCUT2D eigenvalue weighted by molar-refractivity contribution is 6.23. The third-order valence-electron chi connectivity index (χ3n) is 10.9. The first-order valence-electron chi connectivity index (χ1n) is 20.0. The van der Waals surface area contributed by atoms with E-state index in [0.717, 1.165) is 66.3 Å². The van der Waals surface area contributed by atoms with Gasteiger partial charge in [-0.1, -0.05) is 152 Å². The molecular weight excluding hydrogens is 755 g/mol. The Morgan fingerprint density at radius 1 is 0.328 bits per heavy atom. The van der Waals surface area contributed by atoms with Gasteiger partial charge in [0.1, 0.15) is 16.7 Å². The van der Waals surface area contributed by atoms with Crippen molar-refractivity contribution in [1.29, 1.82) is 0 Å². The lowest BCUT2D eigenvalue weighted by Crippen LogP contribution is -2.00. The third-order valence-corrected chi connectivity index (χ3v) is 10.9. The van der Waals surface area contributed by atoms with Crippen LogP contribution in [0.2, 0.25) is 0 Å². The van der Waals surface area contributed by atoms with Crippen LogP contribution in [0.25, 0.3) is 118 Å². The SMILES string of the molecule is c1ccc(-c2nc(-c3ccccc3)nc(-c3ccc4c(c3)oc3c4c4oc5cc(-c6nc(-c7ccccc7)nc(-c7ccccc7)n6)ccc5c4n3-c3ccccc3)n2)cc1. The molecular formula is C52H31N7O2. The summed E-state index contributed by atoms with van der Waals surface area (Å²) in [5, 5.41) is 2.73. The number of nitrogens with zero attached hydrogens (tertiary/aromatic N) is 7. The molecule has 0 aliphatic heterocycles. The zero-order valence-electron chi connectivity index (χ0n) is 32.3. The Kier molecular flexibility index (Phi) is 7.95. The monoisotopic (exact) mass is 785 g/mol. The average molecular weight is 786 g/mol. The second kappa shape index (κ2) is 14.1. The molecule has 61 heavy (non-hydrogen) atoms. The normalized spacial score (nSPS) is 11.6. The van der Waals surface area contributed by atoms with Crippen molar-refractivity contribution in [3.05, 3.63) is 188 Å². The molecule has 0 unspecified atom stereocenters.